The normalized spacial score (nSPS) is 22.0. The Hall–Kier alpha value is -0.610. The van der Waals surface area contributed by atoms with Gasteiger partial charge in [0.25, 0.3) is 0 Å². The topological polar surface area (TPSA) is 56.7 Å². The van der Waals surface area contributed by atoms with Crippen LogP contribution >= 0.6 is 35.7 Å². The van der Waals surface area contributed by atoms with E-state index < -0.39 is 17.2 Å². The number of hydrogen-bond acceptors (Lipinski definition) is 3. The SMILES string of the molecule is CCNC(=NCC1(O)CCSC1)NC(C)c1ccc(F)c(F)c1.I. The van der Waals surface area contributed by atoms with Crippen molar-refractivity contribution >= 4 is 41.7 Å². The van der Waals surface area contributed by atoms with Crippen molar-refractivity contribution in [1.82, 2.24) is 10.6 Å². The molecule has 1 heterocycles. The molecule has 1 aliphatic rings. The number of benzene rings is 1. The molecule has 1 aromatic rings. The van der Waals surface area contributed by atoms with Gasteiger partial charge in [-0.25, -0.2) is 8.78 Å². The Kier molecular flexibility index (Phi) is 8.72. The molecule has 24 heavy (non-hydrogen) atoms. The van der Waals surface area contributed by atoms with Crippen molar-refractivity contribution in [3.8, 4) is 0 Å². The highest BCUT2D eigenvalue weighted by molar-refractivity contribution is 14.0. The number of hydrogen-bond donors (Lipinski definition) is 3. The van der Waals surface area contributed by atoms with Crippen molar-refractivity contribution < 1.29 is 13.9 Å². The molecule has 2 rings (SSSR count). The smallest absolute Gasteiger partial charge is 0.191 e. The third-order valence-electron chi connectivity index (χ3n) is 3.76. The first kappa shape index (κ1) is 21.4. The first-order valence-corrected chi connectivity index (χ1v) is 8.89. The van der Waals surface area contributed by atoms with Crippen LogP contribution in [0.25, 0.3) is 0 Å². The Balaban J connectivity index is 0.00000288. The van der Waals surface area contributed by atoms with Gasteiger partial charge in [-0.2, -0.15) is 11.8 Å². The number of nitrogens with one attached hydrogen (secondary N) is 2. The van der Waals surface area contributed by atoms with Crippen molar-refractivity contribution in [2.75, 3.05) is 24.6 Å². The fraction of sp³-hybridized carbons (Fsp3) is 0.562. The molecule has 1 aliphatic heterocycles. The third kappa shape index (κ3) is 6.03. The summed E-state index contributed by atoms with van der Waals surface area (Å²) in [6, 6.07) is 3.60. The Labute approximate surface area is 162 Å². The van der Waals surface area contributed by atoms with Gasteiger partial charge in [0.05, 0.1) is 18.2 Å². The van der Waals surface area contributed by atoms with Gasteiger partial charge in [-0.15, -0.1) is 24.0 Å². The van der Waals surface area contributed by atoms with Gasteiger partial charge >= 0.3 is 0 Å². The predicted octanol–water partition coefficient (Wildman–Crippen LogP) is 3.07. The molecule has 0 amide bonds. The van der Waals surface area contributed by atoms with Gasteiger partial charge in [0.2, 0.25) is 0 Å². The number of aliphatic hydroxyl groups is 1. The van der Waals surface area contributed by atoms with Crippen LogP contribution in [0.3, 0.4) is 0 Å². The lowest BCUT2D eigenvalue weighted by Gasteiger charge is -2.22. The number of rotatable bonds is 5. The Morgan fingerprint density at radius 2 is 2.17 bits per heavy atom. The molecule has 0 aliphatic carbocycles. The second-order valence-electron chi connectivity index (χ2n) is 5.76. The number of nitrogens with zero attached hydrogens (tertiary/aromatic N) is 1. The molecule has 0 aromatic heterocycles. The molecule has 2 unspecified atom stereocenters. The molecule has 0 radical (unpaired) electrons. The summed E-state index contributed by atoms with van der Waals surface area (Å²) in [6.07, 6.45) is 0.735. The molecule has 0 spiro atoms. The van der Waals surface area contributed by atoms with Gasteiger partial charge in [-0.1, -0.05) is 6.07 Å². The minimum absolute atomic E-state index is 0. The summed E-state index contributed by atoms with van der Waals surface area (Å²) in [4.78, 5) is 4.44. The zero-order valence-electron chi connectivity index (χ0n) is 13.8. The van der Waals surface area contributed by atoms with E-state index in [-0.39, 0.29) is 30.0 Å². The molecule has 4 nitrogen and oxygen atoms in total. The Morgan fingerprint density at radius 3 is 2.75 bits per heavy atom. The van der Waals surface area contributed by atoms with E-state index in [1.807, 2.05) is 13.8 Å². The van der Waals surface area contributed by atoms with Gasteiger partial charge in [0, 0.05) is 12.3 Å². The molecule has 0 bridgehead atoms. The van der Waals surface area contributed by atoms with Crippen LogP contribution in [0.5, 0.6) is 0 Å². The van der Waals surface area contributed by atoms with Crippen molar-refractivity contribution in [2.24, 2.45) is 4.99 Å². The molecule has 1 fully saturated rings. The van der Waals surface area contributed by atoms with E-state index in [9.17, 15) is 13.9 Å². The van der Waals surface area contributed by atoms with Crippen LogP contribution in [0.2, 0.25) is 0 Å². The first-order valence-electron chi connectivity index (χ1n) is 7.73. The average Bonchev–Trinajstić information content (AvgIpc) is 2.95. The van der Waals surface area contributed by atoms with Crippen LogP contribution < -0.4 is 10.6 Å². The zero-order valence-corrected chi connectivity index (χ0v) is 17.0. The van der Waals surface area contributed by atoms with E-state index in [0.717, 1.165) is 18.2 Å². The summed E-state index contributed by atoms with van der Waals surface area (Å²) in [6.45, 7) is 4.78. The summed E-state index contributed by atoms with van der Waals surface area (Å²) < 4.78 is 26.4. The van der Waals surface area contributed by atoms with Crippen molar-refractivity contribution in [3.05, 3.63) is 35.4 Å². The molecule has 8 heteroatoms. The number of aliphatic imine (C=N–C) groups is 1. The summed E-state index contributed by atoms with van der Waals surface area (Å²) in [5.41, 5.74) is -0.122. The maximum atomic E-state index is 13.3. The summed E-state index contributed by atoms with van der Waals surface area (Å²) in [7, 11) is 0. The fourth-order valence-electron chi connectivity index (χ4n) is 2.34. The Morgan fingerprint density at radius 1 is 1.42 bits per heavy atom. The lowest BCUT2D eigenvalue weighted by Crippen LogP contribution is -2.41. The van der Waals surface area contributed by atoms with Gasteiger partial charge in [-0.05, 0) is 43.7 Å². The largest absolute Gasteiger partial charge is 0.387 e. The first-order chi connectivity index (χ1) is 10.9. The van der Waals surface area contributed by atoms with Gasteiger partial charge < -0.3 is 15.7 Å². The molecular formula is C16H24F2IN3OS. The van der Waals surface area contributed by atoms with E-state index in [2.05, 4.69) is 15.6 Å². The molecular weight excluding hydrogens is 447 g/mol. The van der Waals surface area contributed by atoms with E-state index in [1.54, 1.807) is 17.8 Å². The minimum Gasteiger partial charge on any atom is -0.387 e. The minimum atomic E-state index is -0.865. The van der Waals surface area contributed by atoms with E-state index in [0.29, 0.717) is 30.4 Å². The zero-order chi connectivity index (χ0) is 16.9. The van der Waals surface area contributed by atoms with Crippen LogP contribution in [-0.4, -0.2) is 41.3 Å². The molecule has 136 valence electrons. The monoisotopic (exact) mass is 471 g/mol. The molecule has 1 saturated heterocycles. The predicted molar refractivity (Wildman–Crippen MR) is 106 cm³/mol. The second kappa shape index (κ2) is 9.76. The van der Waals surface area contributed by atoms with Crippen molar-refractivity contribution in [1.29, 1.82) is 0 Å². The maximum absolute atomic E-state index is 13.3. The third-order valence-corrected chi connectivity index (χ3v) is 4.99. The highest BCUT2D eigenvalue weighted by Gasteiger charge is 2.31. The van der Waals surface area contributed by atoms with Crippen molar-refractivity contribution in [3.63, 3.8) is 0 Å². The number of guanidine groups is 1. The van der Waals surface area contributed by atoms with Gasteiger partial charge in [0.1, 0.15) is 0 Å². The van der Waals surface area contributed by atoms with Gasteiger partial charge in [-0.3, -0.25) is 4.99 Å². The average molecular weight is 471 g/mol. The second-order valence-corrected chi connectivity index (χ2v) is 6.87. The highest BCUT2D eigenvalue weighted by Crippen LogP contribution is 2.27. The number of thioether (sulfide) groups is 1. The lowest BCUT2D eigenvalue weighted by atomic mass is 10.0. The van der Waals surface area contributed by atoms with Crippen LogP contribution in [0.1, 0.15) is 31.9 Å². The molecule has 1 aromatic carbocycles. The van der Waals surface area contributed by atoms with E-state index in [1.165, 1.54) is 6.07 Å². The number of halogens is 3. The van der Waals surface area contributed by atoms with Crippen LogP contribution in [0.15, 0.2) is 23.2 Å². The van der Waals surface area contributed by atoms with Crippen LogP contribution in [0, 0.1) is 11.6 Å². The van der Waals surface area contributed by atoms with Crippen LogP contribution in [0.4, 0.5) is 8.78 Å². The summed E-state index contributed by atoms with van der Waals surface area (Å²) >= 11 is 1.72. The summed E-state index contributed by atoms with van der Waals surface area (Å²) in [5, 5.41) is 16.6. The molecule has 3 N–H and O–H groups in total. The molecule has 2 atom stereocenters. The highest BCUT2D eigenvalue weighted by atomic mass is 127. The lowest BCUT2D eigenvalue weighted by molar-refractivity contribution is 0.0778. The quantitative estimate of drug-likeness (QED) is 0.351. The standard InChI is InChI=1S/C16H23F2N3OS.HI/c1-3-19-15(20-9-16(22)6-7-23-10-16)21-11(2)12-4-5-13(17)14(18)8-12;/h4-5,8,11,22H,3,6-7,9-10H2,1-2H3,(H2,19,20,21);1H. The maximum Gasteiger partial charge on any atom is 0.191 e. The van der Waals surface area contributed by atoms with E-state index in [4.69, 9.17) is 0 Å². The molecule has 0 saturated carbocycles. The van der Waals surface area contributed by atoms with Crippen LogP contribution in [-0.2, 0) is 0 Å². The van der Waals surface area contributed by atoms with Crippen molar-refractivity contribution in [2.45, 2.75) is 31.9 Å². The fourth-order valence-corrected chi connectivity index (χ4v) is 3.62. The van der Waals surface area contributed by atoms with E-state index >= 15 is 0 Å². The Bertz CT molecular complexity index is 568. The summed E-state index contributed by atoms with van der Waals surface area (Å²) in [5.74, 6) is 0.462. The van der Waals surface area contributed by atoms with Gasteiger partial charge in [0.15, 0.2) is 17.6 Å².